The van der Waals surface area contributed by atoms with Gasteiger partial charge in [0.25, 0.3) is 0 Å². The molecule has 0 radical (unpaired) electrons. The van der Waals surface area contributed by atoms with E-state index in [1.54, 1.807) is 24.3 Å². The fourth-order valence-electron chi connectivity index (χ4n) is 2.49. The highest BCUT2D eigenvalue weighted by Crippen LogP contribution is 2.34. The number of ether oxygens (including phenoxy) is 3. The first-order valence-electron chi connectivity index (χ1n) is 8.16. The molecule has 0 aliphatic heterocycles. The lowest BCUT2D eigenvalue weighted by Gasteiger charge is -2.24. The van der Waals surface area contributed by atoms with E-state index in [4.69, 9.17) is 14.2 Å². The summed E-state index contributed by atoms with van der Waals surface area (Å²) in [5.74, 6) is 0.851. The van der Waals surface area contributed by atoms with Crippen molar-refractivity contribution in [2.45, 2.75) is 12.2 Å². The van der Waals surface area contributed by atoms with Crippen molar-refractivity contribution < 1.29 is 34.3 Å². The Hall–Kier alpha value is -3.03. The highest BCUT2D eigenvalue weighted by atomic mass is 16.5. The summed E-state index contributed by atoms with van der Waals surface area (Å²) >= 11 is 0. The van der Waals surface area contributed by atoms with Crippen LogP contribution in [0.5, 0.6) is 23.0 Å². The Morgan fingerprint density at radius 2 is 1.78 bits per heavy atom. The first-order chi connectivity index (χ1) is 13.0. The second kappa shape index (κ2) is 9.61. The number of aromatic hydroxyl groups is 1. The third-order valence-electron chi connectivity index (χ3n) is 3.91. The van der Waals surface area contributed by atoms with Crippen molar-refractivity contribution in [2.75, 3.05) is 20.8 Å². The van der Waals surface area contributed by atoms with Crippen LogP contribution in [0.15, 0.2) is 42.5 Å². The van der Waals surface area contributed by atoms with Crippen LogP contribution in [0.3, 0.4) is 0 Å². The lowest BCUT2D eigenvalue weighted by molar-refractivity contribution is -0.104. The van der Waals surface area contributed by atoms with E-state index in [1.165, 1.54) is 38.5 Å². The molecule has 0 aromatic heterocycles. The second-order valence-electron chi connectivity index (χ2n) is 5.62. The number of hydrogen-bond acceptors (Lipinski definition) is 7. The molecule has 2 aromatic rings. The fourth-order valence-corrected chi connectivity index (χ4v) is 2.49. The predicted octanol–water partition coefficient (Wildman–Crippen LogP) is 2.09. The minimum Gasteiger partial charge on any atom is -0.504 e. The SMILES string of the molecule is COc1cc([C@H](O)[C@@H](CO)Oc2ccc(/C=C\C=O)cc2OC)ccc1O. The Bertz CT molecular complexity index is 801. The van der Waals surface area contributed by atoms with Crippen LogP contribution in [0, 0.1) is 0 Å². The average Bonchev–Trinajstić information content (AvgIpc) is 2.70. The fraction of sp³-hybridized carbons (Fsp3) is 0.250. The number of hydrogen-bond donors (Lipinski definition) is 3. The monoisotopic (exact) mass is 374 g/mol. The number of benzene rings is 2. The van der Waals surface area contributed by atoms with E-state index in [0.29, 0.717) is 23.3 Å². The van der Waals surface area contributed by atoms with Gasteiger partial charge < -0.3 is 29.5 Å². The summed E-state index contributed by atoms with van der Waals surface area (Å²) in [6.45, 7) is -0.458. The Labute approximate surface area is 157 Å². The van der Waals surface area contributed by atoms with Crippen molar-refractivity contribution in [1.29, 1.82) is 0 Å². The Morgan fingerprint density at radius 3 is 2.41 bits per heavy atom. The van der Waals surface area contributed by atoms with Gasteiger partial charge in [-0.15, -0.1) is 0 Å². The highest BCUT2D eigenvalue weighted by molar-refractivity contribution is 5.74. The quantitative estimate of drug-likeness (QED) is 0.456. The lowest BCUT2D eigenvalue weighted by atomic mass is 10.0. The average molecular weight is 374 g/mol. The van der Waals surface area contributed by atoms with Gasteiger partial charge >= 0.3 is 0 Å². The minimum absolute atomic E-state index is 0.0597. The van der Waals surface area contributed by atoms with Gasteiger partial charge in [-0.25, -0.2) is 0 Å². The molecule has 27 heavy (non-hydrogen) atoms. The van der Waals surface area contributed by atoms with Gasteiger partial charge in [0, 0.05) is 0 Å². The molecule has 0 spiro atoms. The largest absolute Gasteiger partial charge is 0.504 e. The van der Waals surface area contributed by atoms with Crippen LogP contribution < -0.4 is 14.2 Å². The predicted molar refractivity (Wildman–Crippen MR) is 99.2 cm³/mol. The zero-order valence-corrected chi connectivity index (χ0v) is 15.0. The third kappa shape index (κ3) is 4.99. The van der Waals surface area contributed by atoms with Crippen molar-refractivity contribution in [3.63, 3.8) is 0 Å². The molecule has 2 rings (SSSR count). The molecule has 0 saturated carbocycles. The van der Waals surface area contributed by atoms with Crippen LogP contribution in [-0.4, -0.2) is 48.5 Å². The number of aliphatic hydroxyl groups is 2. The molecule has 2 atom stereocenters. The Balaban J connectivity index is 2.25. The van der Waals surface area contributed by atoms with Crippen LogP contribution in [-0.2, 0) is 4.79 Å². The van der Waals surface area contributed by atoms with E-state index in [0.717, 1.165) is 5.56 Å². The van der Waals surface area contributed by atoms with Crippen molar-refractivity contribution in [3.8, 4) is 23.0 Å². The van der Waals surface area contributed by atoms with Crippen LogP contribution >= 0.6 is 0 Å². The molecule has 7 nitrogen and oxygen atoms in total. The molecule has 0 aliphatic rings. The number of aliphatic hydroxyl groups excluding tert-OH is 2. The molecule has 0 aliphatic carbocycles. The standard InChI is InChI=1S/C20H22O7/c1-25-17-11-14(6-7-15(17)23)20(24)19(12-22)27-16-8-5-13(4-3-9-21)10-18(16)26-2/h3-11,19-20,22-24H,12H2,1-2H3/b4-3-/t19-,20+/m1/s1. The van der Waals surface area contributed by atoms with Gasteiger partial charge in [-0.1, -0.05) is 18.2 Å². The summed E-state index contributed by atoms with van der Waals surface area (Å²) in [5, 5.41) is 29.9. The number of carbonyl (C=O) groups excluding carboxylic acids is 1. The molecule has 144 valence electrons. The summed E-state index contributed by atoms with van der Waals surface area (Å²) in [7, 11) is 2.86. The summed E-state index contributed by atoms with van der Waals surface area (Å²) in [6, 6.07) is 9.37. The van der Waals surface area contributed by atoms with E-state index in [2.05, 4.69) is 0 Å². The van der Waals surface area contributed by atoms with Gasteiger partial charge in [0.15, 0.2) is 29.1 Å². The number of rotatable bonds is 9. The van der Waals surface area contributed by atoms with Gasteiger partial charge in [-0.2, -0.15) is 0 Å². The lowest BCUT2D eigenvalue weighted by Crippen LogP contribution is -2.29. The van der Waals surface area contributed by atoms with E-state index in [1.807, 2.05) is 0 Å². The normalized spacial score (nSPS) is 13.2. The van der Waals surface area contributed by atoms with E-state index < -0.39 is 18.8 Å². The van der Waals surface area contributed by atoms with Gasteiger partial charge in [-0.05, 0) is 41.5 Å². The zero-order chi connectivity index (χ0) is 19.8. The topological polar surface area (TPSA) is 105 Å². The van der Waals surface area contributed by atoms with Crippen LogP contribution in [0.4, 0.5) is 0 Å². The minimum atomic E-state index is -1.18. The van der Waals surface area contributed by atoms with Crippen LogP contribution in [0.1, 0.15) is 17.2 Å². The van der Waals surface area contributed by atoms with Crippen molar-refractivity contribution >= 4 is 12.4 Å². The smallest absolute Gasteiger partial charge is 0.161 e. The molecule has 0 saturated heterocycles. The van der Waals surface area contributed by atoms with Crippen molar-refractivity contribution in [2.24, 2.45) is 0 Å². The molecular weight excluding hydrogens is 352 g/mol. The molecule has 0 unspecified atom stereocenters. The number of phenolic OH excluding ortho intramolecular Hbond substituents is 1. The molecule has 0 amide bonds. The van der Waals surface area contributed by atoms with Crippen LogP contribution in [0.2, 0.25) is 0 Å². The number of phenols is 1. The molecule has 3 N–H and O–H groups in total. The number of allylic oxidation sites excluding steroid dienone is 1. The van der Waals surface area contributed by atoms with Crippen molar-refractivity contribution in [3.05, 3.63) is 53.6 Å². The highest BCUT2D eigenvalue weighted by Gasteiger charge is 2.24. The molecule has 7 heteroatoms. The van der Waals surface area contributed by atoms with Crippen LogP contribution in [0.25, 0.3) is 6.08 Å². The molecule has 2 aromatic carbocycles. The van der Waals surface area contributed by atoms with Gasteiger partial charge in [-0.3, -0.25) is 4.79 Å². The number of aldehydes is 1. The van der Waals surface area contributed by atoms with E-state index in [9.17, 15) is 20.1 Å². The number of carbonyl (C=O) groups is 1. The molecule has 0 heterocycles. The maximum Gasteiger partial charge on any atom is 0.161 e. The summed E-state index contributed by atoms with van der Waals surface area (Å²) in [5.41, 5.74) is 1.14. The third-order valence-corrected chi connectivity index (χ3v) is 3.91. The number of methoxy groups -OCH3 is 2. The van der Waals surface area contributed by atoms with E-state index in [-0.39, 0.29) is 11.5 Å². The first-order valence-corrected chi connectivity index (χ1v) is 8.16. The first kappa shape index (κ1) is 20.3. The van der Waals surface area contributed by atoms with Gasteiger partial charge in [0.2, 0.25) is 0 Å². The second-order valence-corrected chi connectivity index (χ2v) is 5.62. The van der Waals surface area contributed by atoms with E-state index >= 15 is 0 Å². The maximum atomic E-state index is 10.6. The van der Waals surface area contributed by atoms with Gasteiger partial charge in [0.05, 0.1) is 20.8 Å². The molecular formula is C20H22O7. The Kier molecular flexibility index (Phi) is 7.22. The van der Waals surface area contributed by atoms with Crippen molar-refractivity contribution in [1.82, 2.24) is 0 Å². The summed E-state index contributed by atoms with van der Waals surface area (Å²) in [6.07, 6.45) is 1.48. The summed E-state index contributed by atoms with van der Waals surface area (Å²) in [4.78, 5) is 10.4. The maximum absolute atomic E-state index is 10.6. The van der Waals surface area contributed by atoms with Gasteiger partial charge in [0.1, 0.15) is 12.4 Å². The molecule has 0 fully saturated rings. The molecule has 0 bridgehead atoms. The Morgan fingerprint density at radius 1 is 1.04 bits per heavy atom. The summed E-state index contributed by atoms with van der Waals surface area (Å²) < 4.78 is 16.1. The zero-order valence-electron chi connectivity index (χ0n) is 15.0.